The van der Waals surface area contributed by atoms with E-state index < -0.39 is 6.10 Å². The maximum Gasteiger partial charge on any atom is 0.0850 e. The summed E-state index contributed by atoms with van der Waals surface area (Å²) in [4.78, 5) is 0. The Morgan fingerprint density at radius 1 is 1.16 bits per heavy atom. The van der Waals surface area contributed by atoms with Crippen LogP contribution in [0.25, 0.3) is 0 Å². The molecule has 0 amide bonds. The van der Waals surface area contributed by atoms with Gasteiger partial charge in [0.25, 0.3) is 0 Å². The van der Waals surface area contributed by atoms with E-state index in [2.05, 4.69) is 27.3 Å². The standard InChI is InChI=1S/C16H16BrNO/c17-13-6-4-11(5-7-13)10-15(19)14-3-1-2-12-8-9-18-16(12)14/h1-7,15,18-19H,8-10H2. The largest absolute Gasteiger partial charge is 0.388 e. The molecule has 0 radical (unpaired) electrons. The molecule has 98 valence electrons. The first kappa shape index (κ1) is 12.7. The summed E-state index contributed by atoms with van der Waals surface area (Å²) >= 11 is 3.42. The van der Waals surface area contributed by atoms with E-state index in [1.165, 1.54) is 5.56 Å². The second-order valence-electron chi connectivity index (χ2n) is 4.90. The molecule has 2 N–H and O–H groups in total. The molecule has 1 atom stereocenters. The summed E-state index contributed by atoms with van der Waals surface area (Å²) in [6.45, 7) is 0.970. The van der Waals surface area contributed by atoms with Crippen molar-refractivity contribution in [1.82, 2.24) is 0 Å². The molecule has 1 aliphatic heterocycles. The molecule has 3 rings (SSSR count). The molecule has 0 saturated heterocycles. The number of halogens is 1. The number of para-hydroxylation sites is 1. The highest BCUT2D eigenvalue weighted by Gasteiger charge is 2.18. The first-order valence-corrected chi connectivity index (χ1v) is 7.31. The maximum atomic E-state index is 10.5. The fourth-order valence-corrected chi connectivity index (χ4v) is 2.86. The fraction of sp³-hybridized carbons (Fsp3) is 0.250. The van der Waals surface area contributed by atoms with Gasteiger partial charge in [-0.1, -0.05) is 46.3 Å². The van der Waals surface area contributed by atoms with Gasteiger partial charge in [-0.2, -0.15) is 0 Å². The van der Waals surface area contributed by atoms with Crippen molar-refractivity contribution in [2.75, 3.05) is 11.9 Å². The van der Waals surface area contributed by atoms with Gasteiger partial charge in [0.15, 0.2) is 0 Å². The number of benzene rings is 2. The molecule has 1 aliphatic rings. The number of rotatable bonds is 3. The van der Waals surface area contributed by atoms with Gasteiger partial charge in [0, 0.05) is 28.7 Å². The lowest BCUT2D eigenvalue weighted by atomic mass is 9.98. The Morgan fingerprint density at radius 3 is 2.74 bits per heavy atom. The quantitative estimate of drug-likeness (QED) is 0.904. The van der Waals surface area contributed by atoms with E-state index in [1.54, 1.807) is 0 Å². The van der Waals surface area contributed by atoms with Crippen LogP contribution < -0.4 is 5.32 Å². The van der Waals surface area contributed by atoms with Crippen LogP contribution in [-0.4, -0.2) is 11.7 Å². The lowest BCUT2D eigenvalue weighted by Gasteiger charge is -2.15. The number of nitrogens with one attached hydrogen (secondary N) is 1. The molecular weight excluding hydrogens is 302 g/mol. The SMILES string of the molecule is OC(Cc1ccc(Br)cc1)c1cccc2c1NCC2. The van der Waals surface area contributed by atoms with Gasteiger partial charge >= 0.3 is 0 Å². The van der Waals surface area contributed by atoms with Gasteiger partial charge in [-0.3, -0.25) is 0 Å². The van der Waals surface area contributed by atoms with Crippen LogP contribution in [0.4, 0.5) is 5.69 Å². The number of aliphatic hydroxyl groups is 1. The van der Waals surface area contributed by atoms with E-state index in [-0.39, 0.29) is 0 Å². The number of aliphatic hydroxyl groups excluding tert-OH is 1. The van der Waals surface area contributed by atoms with E-state index in [9.17, 15) is 5.11 Å². The second kappa shape index (κ2) is 5.35. The van der Waals surface area contributed by atoms with Gasteiger partial charge in [0.2, 0.25) is 0 Å². The highest BCUT2D eigenvalue weighted by atomic mass is 79.9. The summed E-state index contributed by atoms with van der Waals surface area (Å²) in [6, 6.07) is 14.3. The van der Waals surface area contributed by atoms with Crippen LogP contribution >= 0.6 is 15.9 Å². The zero-order valence-corrected chi connectivity index (χ0v) is 12.2. The summed E-state index contributed by atoms with van der Waals surface area (Å²) in [6.07, 6.45) is 1.24. The van der Waals surface area contributed by atoms with Crippen LogP contribution in [-0.2, 0) is 12.8 Å². The van der Waals surface area contributed by atoms with Crippen molar-refractivity contribution in [3.05, 3.63) is 63.6 Å². The Morgan fingerprint density at radius 2 is 1.95 bits per heavy atom. The van der Waals surface area contributed by atoms with Crippen molar-refractivity contribution in [2.45, 2.75) is 18.9 Å². The first-order valence-electron chi connectivity index (χ1n) is 6.52. The molecule has 0 bridgehead atoms. The fourth-order valence-electron chi connectivity index (χ4n) is 2.60. The third kappa shape index (κ3) is 2.67. The lowest BCUT2D eigenvalue weighted by molar-refractivity contribution is 0.179. The minimum absolute atomic E-state index is 0.457. The van der Waals surface area contributed by atoms with Crippen LogP contribution in [0.5, 0.6) is 0 Å². The Bertz CT molecular complexity index is 580. The molecule has 2 aromatic carbocycles. The van der Waals surface area contributed by atoms with E-state index >= 15 is 0 Å². The highest BCUT2D eigenvalue weighted by molar-refractivity contribution is 9.10. The smallest absolute Gasteiger partial charge is 0.0850 e. The molecule has 0 saturated carbocycles. The molecule has 0 spiro atoms. The van der Waals surface area contributed by atoms with E-state index in [4.69, 9.17) is 0 Å². The van der Waals surface area contributed by atoms with Gasteiger partial charge in [0.05, 0.1) is 6.10 Å². The molecule has 2 nitrogen and oxygen atoms in total. The van der Waals surface area contributed by atoms with Crippen LogP contribution in [0.2, 0.25) is 0 Å². The number of fused-ring (bicyclic) bond motifs is 1. The predicted molar refractivity (Wildman–Crippen MR) is 81.4 cm³/mol. The summed E-state index contributed by atoms with van der Waals surface area (Å²) in [7, 11) is 0. The molecule has 3 heteroatoms. The third-order valence-corrected chi connectivity index (χ3v) is 4.11. The van der Waals surface area contributed by atoms with Crippen molar-refractivity contribution in [1.29, 1.82) is 0 Å². The van der Waals surface area contributed by atoms with E-state index in [0.29, 0.717) is 6.42 Å². The van der Waals surface area contributed by atoms with Gasteiger partial charge in [-0.15, -0.1) is 0 Å². The van der Waals surface area contributed by atoms with Crippen molar-refractivity contribution < 1.29 is 5.11 Å². The van der Waals surface area contributed by atoms with Crippen molar-refractivity contribution in [3.8, 4) is 0 Å². The van der Waals surface area contributed by atoms with E-state index in [1.807, 2.05) is 36.4 Å². The predicted octanol–water partition coefficient (Wildman–Crippen LogP) is 3.69. The topological polar surface area (TPSA) is 32.3 Å². The molecule has 2 aromatic rings. The number of hydrogen-bond donors (Lipinski definition) is 2. The average molecular weight is 318 g/mol. The van der Waals surface area contributed by atoms with Gasteiger partial charge in [-0.05, 0) is 29.7 Å². The molecule has 0 aromatic heterocycles. The summed E-state index contributed by atoms with van der Waals surface area (Å²) in [5.74, 6) is 0. The first-order chi connectivity index (χ1) is 9.24. The molecule has 1 unspecified atom stereocenters. The molecular formula is C16H16BrNO. The molecule has 0 aliphatic carbocycles. The minimum Gasteiger partial charge on any atom is -0.388 e. The van der Waals surface area contributed by atoms with Crippen molar-refractivity contribution >= 4 is 21.6 Å². The Labute approximate surface area is 121 Å². The number of hydrogen-bond acceptors (Lipinski definition) is 2. The van der Waals surface area contributed by atoms with Crippen LogP contribution in [0.15, 0.2) is 46.9 Å². The average Bonchev–Trinajstić information content (AvgIpc) is 2.89. The van der Waals surface area contributed by atoms with Crippen molar-refractivity contribution in [2.24, 2.45) is 0 Å². The third-order valence-electron chi connectivity index (χ3n) is 3.58. The highest BCUT2D eigenvalue weighted by Crippen LogP contribution is 2.32. The van der Waals surface area contributed by atoms with Crippen LogP contribution in [0.1, 0.15) is 22.8 Å². The van der Waals surface area contributed by atoms with E-state index in [0.717, 1.165) is 34.3 Å². The van der Waals surface area contributed by atoms with Crippen LogP contribution in [0.3, 0.4) is 0 Å². The molecule has 0 fully saturated rings. The zero-order valence-electron chi connectivity index (χ0n) is 10.6. The minimum atomic E-state index is -0.457. The monoisotopic (exact) mass is 317 g/mol. The lowest BCUT2D eigenvalue weighted by Crippen LogP contribution is -2.05. The maximum absolute atomic E-state index is 10.5. The Balaban J connectivity index is 1.83. The normalized spacial score (nSPS) is 14.8. The number of anilines is 1. The molecule has 1 heterocycles. The zero-order chi connectivity index (χ0) is 13.2. The van der Waals surface area contributed by atoms with Crippen molar-refractivity contribution in [3.63, 3.8) is 0 Å². The van der Waals surface area contributed by atoms with Gasteiger partial charge in [0.1, 0.15) is 0 Å². The Hall–Kier alpha value is -1.32. The summed E-state index contributed by atoms with van der Waals surface area (Å²) < 4.78 is 1.06. The second-order valence-corrected chi connectivity index (χ2v) is 5.82. The summed E-state index contributed by atoms with van der Waals surface area (Å²) in [5, 5.41) is 13.8. The summed E-state index contributed by atoms with van der Waals surface area (Å²) in [5.41, 5.74) is 4.60. The molecule has 19 heavy (non-hydrogen) atoms. The Kier molecular flexibility index (Phi) is 3.58. The van der Waals surface area contributed by atoms with Crippen LogP contribution in [0, 0.1) is 0 Å². The van der Waals surface area contributed by atoms with Gasteiger partial charge in [-0.25, -0.2) is 0 Å². The van der Waals surface area contributed by atoms with Gasteiger partial charge < -0.3 is 10.4 Å².